The molecule has 5 heteroatoms. The number of alkyl carbamates (subject to hydrolysis) is 1. The minimum absolute atomic E-state index is 0.0169. The minimum atomic E-state index is -0.599. The predicted octanol–water partition coefficient (Wildman–Crippen LogP) is 3.58. The van der Waals surface area contributed by atoms with Crippen LogP contribution in [0.1, 0.15) is 46.6 Å². The van der Waals surface area contributed by atoms with E-state index in [9.17, 15) is 9.59 Å². The van der Waals surface area contributed by atoms with E-state index >= 15 is 0 Å². The Hall–Kier alpha value is -2.04. The normalized spacial score (nSPS) is 13.8. The molecule has 24 heavy (non-hydrogen) atoms. The SMILES string of the molecule is CCC(C)C(NC(=O)OC(C)(C)C)C(=O)N(C)Cc1ccccc1. The van der Waals surface area contributed by atoms with Crippen molar-refractivity contribution in [3.63, 3.8) is 0 Å². The average Bonchev–Trinajstić information content (AvgIpc) is 2.50. The molecule has 2 unspecified atom stereocenters. The molecule has 1 aromatic rings. The largest absolute Gasteiger partial charge is 0.444 e. The molecule has 134 valence electrons. The van der Waals surface area contributed by atoms with E-state index in [0.29, 0.717) is 6.54 Å². The Labute approximate surface area is 145 Å². The number of nitrogens with one attached hydrogen (secondary N) is 1. The van der Waals surface area contributed by atoms with Crippen molar-refractivity contribution < 1.29 is 14.3 Å². The fourth-order valence-electron chi connectivity index (χ4n) is 2.29. The molecule has 0 bridgehead atoms. The fraction of sp³-hybridized carbons (Fsp3) is 0.579. The molecule has 0 saturated heterocycles. The van der Waals surface area contributed by atoms with E-state index in [2.05, 4.69) is 5.32 Å². The Morgan fingerprint density at radius 2 is 1.79 bits per heavy atom. The van der Waals surface area contributed by atoms with Gasteiger partial charge in [0.25, 0.3) is 0 Å². The third kappa shape index (κ3) is 6.60. The zero-order valence-corrected chi connectivity index (χ0v) is 15.6. The van der Waals surface area contributed by atoms with E-state index in [-0.39, 0.29) is 11.8 Å². The van der Waals surface area contributed by atoms with Crippen molar-refractivity contribution in [2.75, 3.05) is 7.05 Å². The summed E-state index contributed by atoms with van der Waals surface area (Å²) in [5, 5.41) is 2.74. The number of likely N-dealkylation sites (N-methyl/N-ethyl adjacent to an activating group) is 1. The molecule has 1 N–H and O–H groups in total. The summed E-state index contributed by atoms with van der Waals surface area (Å²) in [6.07, 6.45) is 0.222. The number of hydrogen-bond donors (Lipinski definition) is 1. The Morgan fingerprint density at radius 1 is 1.21 bits per heavy atom. The highest BCUT2D eigenvalue weighted by Gasteiger charge is 2.30. The van der Waals surface area contributed by atoms with E-state index < -0.39 is 17.7 Å². The van der Waals surface area contributed by atoms with Gasteiger partial charge in [0.15, 0.2) is 0 Å². The van der Waals surface area contributed by atoms with Crippen molar-refractivity contribution in [3.8, 4) is 0 Å². The standard InChI is InChI=1S/C19H30N2O3/c1-7-14(2)16(20-18(23)24-19(3,4)5)17(22)21(6)13-15-11-9-8-10-12-15/h8-12,14,16H,7,13H2,1-6H3,(H,20,23). The maximum atomic E-state index is 12.8. The van der Waals surface area contributed by atoms with Crippen LogP contribution in [0.5, 0.6) is 0 Å². The molecule has 0 aliphatic rings. The number of carbonyl (C=O) groups excluding carboxylic acids is 2. The lowest BCUT2D eigenvalue weighted by Gasteiger charge is -2.29. The van der Waals surface area contributed by atoms with E-state index in [0.717, 1.165) is 12.0 Å². The summed E-state index contributed by atoms with van der Waals surface area (Å²) in [6.45, 7) is 9.86. The van der Waals surface area contributed by atoms with Crippen molar-refractivity contribution >= 4 is 12.0 Å². The van der Waals surface area contributed by atoms with Gasteiger partial charge in [-0.05, 0) is 32.3 Å². The molecule has 0 aliphatic carbocycles. The fourth-order valence-corrected chi connectivity index (χ4v) is 2.29. The van der Waals surface area contributed by atoms with Crippen LogP contribution < -0.4 is 5.32 Å². The Morgan fingerprint density at radius 3 is 2.29 bits per heavy atom. The molecule has 2 amide bonds. The Kier molecular flexibility index (Phi) is 7.26. The summed E-state index contributed by atoms with van der Waals surface area (Å²) in [5.41, 5.74) is 0.455. The molecule has 0 heterocycles. The molecular weight excluding hydrogens is 304 g/mol. The highest BCUT2D eigenvalue weighted by molar-refractivity contribution is 5.85. The van der Waals surface area contributed by atoms with Gasteiger partial charge in [0.1, 0.15) is 11.6 Å². The lowest BCUT2D eigenvalue weighted by atomic mass is 9.98. The number of benzene rings is 1. The third-order valence-corrected chi connectivity index (χ3v) is 3.79. The summed E-state index contributed by atoms with van der Waals surface area (Å²) < 4.78 is 5.29. The van der Waals surface area contributed by atoms with Crippen LogP contribution in [0.2, 0.25) is 0 Å². The molecular formula is C19H30N2O3. The number of rotatable bonds is 6. The lowest BCUT2D eigenvalue weighted by molar-refractivity contribution is -0.134. The topological polar surface area (TPSA) is 58.6 Å². The number of nitrogens with zero attached hydrogens (tertiary/aromatic N) is 1. The zero-order chi connectivity index (χ0) is 18.3. The first kappa shape index (κ1) is 20.0. The van der Waals surface area contributed by atoms with Gasteiger partial charge in [0.2, 0.25) is 5.91 Å². The van der Waals surface area contributed by atoms with E-state index in [4.69, 9.17) is 4.74 Å². The summed E-state index contributed by atoms with van der Waals surface area (Å²) in [5.74, 6) is -0.0951. The van der Waals surface area contributed by atoms with Crippen LogP contribution in [0.4, 0.5) is 4.79 Å². The molecule has 2 atom stereocenters. The second-order valence-electron chi connectivity index (χ2n) is 7.19. The van der Waals surface area contributed by atoms with Gasteiger partial charge in [-0.25, -0.2) is 4.79 Å². The first-order valence-corrected chi connectivity index (χ1v) is 8.42. The van der Waals surface area contributed by atoms with Gasteiger partial charge < -0.3 is 15.0 Å². The quantitative estimate of drug-likeness (QED) is 0.865. The lowest BCUT2D eigenvalue weighted by Crippen LogP contribution is -2.51. The van der Waals surface area contributed by atoms with Crippen LogP contribution in [0.25, 0.3) is 0 Å². The minimum Gasteiger partial charge on any atom is -0.444 e. The summed E-state index contributed by atoms with van der Waals surface area (Å²) >= 11 is 0. The summed E-state index contributed by atoms with van der Waals surface area (Å²) in [6, 6.07) is 9.18. The second kappa shape index (κ2) is 8.71. The van der Waals surface area contributed by atoms with E-state index in [1.807, 2.05) is 44.2 Å². The average molecular weight is 334 g/mol. The maximum absolute atomic E-state index is 12.8. The maximum Gasteiger partial charge on any atom is 0.408 e. The predicted molar refractivity (Wildman–Crippen MR) is 95.5 cm³/mol. The molecule has 0 aromatic heterocycles. The van der Waals surface area contributed by atoms with Crippen molar-refractivity contribution in [2.45, 2.75) is 59.2 Å². The molecule has 0 aliphatic heterocycles. The van der Waals surface area contributed by atoms with E-state index in [1.54, 1.807) is 32.7 Å². The number of hydrogen-bond acceptors (Lipinski definition) is 3. The molecule has 0 fully saturated rings. The summed E-state index contributed by atoms with van der Waals surface area (Å²) in [4.78, 5) is 26.5. The number of ether oxygens (including phenoxy) is 1. The van der Waals surface area contributed by atoms with Crippen LogP contribution in [0, 0.1) is 5.92 Å². The molecule has 0 radical (unpaired) electrons. The van der Waals surface area contributed by atoms with Gasteiger partial charge in [0, 0.05) is 13.6 Å². The highest BCUT2D eigenvalue weighted by atomic mass is 16.6. The molecule has 1 rings (SSSR count). The van der Waals surface area contributed by atoms with Crippen molar-refractivity contribution in [1.82, 2.24) is 10.2 Å². The van der Waals surface area contributed by atoms with Gasteiger partial charge in [-0.2, -0.15) is 0 Å². The van der Waals surface area contributed by atoms with Crippen molar-refractivity contribution in [1.29, 1.82) is 0 Å². The summed E-state index contributed by atoms with van der Waals surface area (Å²) in [7, 11) is 1.75. The van der Waals surface area contributed by atoms with Gasteiger partial charge >= 0.3 is 6.09 Å². The number of amides is 2. The molecule has 5 nitrogen and oxygen atoms in total. The van der Waals surface area contributed by atoms with Crippen LogP contribution >= 0.6 is 0 Å². The third-order valence-electron chi connectivity index (χ3n) is 3.79. The van der Waals surface area contributed by atoms with Gasteiger partial charge in [0.05, 0.1) is 0 Å². The van der Waals surface area contributed by atoms with Gasteiger partial charge in [-0.3, -0.25) is 4.79 Å². The molecule has 0 spiro atoms. The molecule has 0 saturated carbocycles. The zero-order valence-electron chi connectivity index (χ0n) is 15.6. The van der Waals surface area contributed by atoms with E-state index in [1.165, 1.54) is 0 Å². The van der Waals surface area contributed by atoms with Crippen molar-refractivity contribution in [3.05, 3.63) is 35.9 Å². The van der Waals surface area contributed by atoms with Crippen LogP contribution in [0.3, 0.4) is 0 Å². The van der Waals surface area contributed by atoms with Crippen LogP contribution in [-0.4, -0.2) is 35.6 Å². The Balaban J connectivity index is 2.79. The van der Waals surface area contributed by atoms with Gasteiger partial charge in [-0.1, -0.05) is 50.6 Å². The first-order valence-electron chi connectivity index (χ1n) is 8.42. The number of carbonyl (C=O) groups is 2. The monoisotopic (exact) mass is 334 g/mol. The van der Waals surface area contributed by atoms with Crippen LogP contribution in [0.15, 0.2) is 30.3 Å². The highest BCUT2D eigenvalue weighted by Crippen LogP contribution is 2.14. The molecule has 1 aromatic carbocycles. The Bertz CT molecular complexity index is 537. The second-order valence-corrected chi connectivity index (χ2v) is 7.19. The van der Waals surface area contributed by atoms with Crippen LogP contribution in [-0.2, 0) is 16.1 Å². The smallest absolute Gasteiger partial charge is 0.408 e. The van der Waals surface area contributed by atoms with Crippen molar-refractivity contribution in [2.24, 2.45) is 5.92 Å². The first-order chi connectivity index (χ1) is 11.1. The van der Waals surface area contributed by atoms with Gasteiger partial charge in [-0.15, -0.1) is 0 Å².